The summed E-state index contributed by atoms with van der Waals surface area (Å²) in [5.74, 6) is -0.247. The van der Waals surface area contributed by atoms with E-state index in [0.717, 1.165) is 5.76 Å². The van der Waals surface area contributed by atoms with Crippen molar-refractivity contribution in [3.63, 3.8) is 0 Å². The van der Waals surface area contributed by atoms with Gasteiger partial charge in [0.1, 0.15) is 5.76 Å². The third-order valence-electron chi connectivity index (χ3n) is 3.19. The predicted octanol–water partition coefficient (Wildman–Crippen LogP) is 2.75. The van der Waals surface area contributed by atoms with E-state index in [1.165, 1.54) is 20.2 Å². The van der Waals surface area contributed by atoms with Crippen LogP contribution in [0.15, 0.2) is 53.0 Å². The highest BCUT2D eigenvalue weighted by atomic mass is 16.4. The summed E-state index contributed by atoms with van der Waals surface area (Å²) < 4.78 is 5.08. The second kappa shape index (κ2) is 7.59. The van der Waals surface area contributed by atoms with Gasteiger partial charge in [0.2, 0.25) is 0 Å². The molecule has 1 aromatic heterocycles. The minimum atomic E-state index is -1.21. The second-order valence-corrected chi connectivity index (χ2v) is 5.32. The van der Waals surface area contributed by atoms with Crippen molar-refractivity contribution in [2.24, 2.45) is 5.41 Å². The Kier molecular flexibility index (Phi) is 6.11. The molecule has 0 spiro atoms. The van der Waals surface area contributed by atoms with Gasteiger partial charge in [0, 0.05) is 6.42 Å². The third kappa shape index (κ3) is 5.04. The smallest absolute Gasteiger partial charge is 0.312 e. The van der Waals surface area contributed by atoms with Gasteiger partial charge in [0.15, 0.2) is 6.39 Å². The molecule has 1 rings (SSSR count). The second-order valence-electron chi connectivity index (χ2n) is 5.32. The molecule has 5 nitrogen and oxygen atoms in total. The Morgan fingerprint density at radius 2 is 2.14 bits per heavy atom. The van der Waals surface area contributed by atoms with Gasteiger partial charge in [0.05, 0.1) is 17.7 Å². The number of allylic oxidation sites excluding steroid dienone is 5. The lowest BCUT2D eigenvalue weighted by Crippen LogP contribution is -2.37. The lowest BCUT2D eigenvalue weighted by atomic mass is 9.83. The van der Waals surface area contributed by atoms with Gasteiger partial charge >= 0.3 is 5.97 Å². The Labute approximate surface area is 124 Å². The van der Waals surface area contributed by atoms with E-state index in [-0.39, 0.29) is 0 Å². The molecular weight excluding hydrogens is 270 g/mol. The van der Waals surface area contributed by atoms with Crippen molar-refractivity contribution in [3.05, 3.63) is 54.3 Å². The molecule has 0 saturated heterocycles. The fourth-order valence-corrected chi connectivity index (χ4v) is 1.65. The number of aromatic nitrogens is 1. The molecule has 21 heavy (non-hydrogen) atoms. The number of aliphatic carboxylic acids is 1. The van der Waals surface area contributed by atoms with Gasteiger partial charge in [-0.1, -0.05) is 30.4 Å². The van der Waals surface area contributed by atoms with Gasteiger partial charge < -0.3 is 14.6 Å². The molecule has 0 bridgehead atoms. The zero-order valence-corrected chi connectivity index (χ0v) is 12.5. The molecule has 0 fully saturated rings. The number of hydrogen-bond acceptors (Lipinski definition) is 4. The van der Waals surface area contributed by atoms with E-state index in [4.69, 9.17) is 9.52 Å². The van der Waals surface area contributed by atoms with Gasteiger partial charge in [-0.2, -0.15) is 0 Å². The minimum Gasteiger partial charge on any atom is -0.481 e. The molecule has 0 saturated carbocycles. The number of aliphatic hydroxyl groups is 1. The van der Waals surface area contributed by atoms with Crippen molar-refractivity contribution in [1.29, 1.82) is 0 Å². The number of aliphatic hydroxyl groups excluding tert-OH is 1. The fraction of sp³-hybridized carbons (Fsp3) is 0.375. The Hall–Kier alpha value is -2.14. The van der Waals surface area contributed by atoms with Crippen LogP contribution in [0.4, 0.5) is 0 Å². The number of carbonyl (C=O) groups is 1. The standard InChI is InChI=1S/C16H21NO4/c1-12(14(18)16(2,3)15(19)20)8-6-4-5-7-9-13-10-17-11-21-13/h4-8,10-11,14,18H,9H2,1-3H3,(H,19,20)/b6-4+,7-5+,12-8-/t14-/m1/s1. The molecule has 1 heterocycles. The van der Waals surface area contributed by atoms with Crippen LogP contribution in [-0.4, -0.2) is 27.3 Å². The molecule has 0 aliphatic carbocycles. The van der Waals surface area contributed by atoms with Crippen LogP contribution in [-0.2, 0) is 11.2 Å². The Morgan fingerprint density at radius 1 is 1.43 bits per heavy atom. The normalized spacial score (nSPS) is 15.0. The first-order chi connectivity index (χ1) is 9.85. The summed E-state index contributed by atoms with van der Waals surface area (Å²) >= 11 is 0. The van der Waals surface area contributed by atoms with Crippen molar-refractivity contribution >= 4 is 5.97 Å². The number of oxazole rings is 1. The molecule has 0 amide bonds. The lowest BCUT2D eigenvalue weighted by Gasteiger charge is -2.26. The van der Waals surface area contributed by atoms with E-state index in [1.807, 2.05) is 12.2 Å². The molecule has 0 unspecified atom stereocenters. The average Bonchev–Trinajstić information content (AvgIpc) is 2.94. The van der Waals surface area contributed by atoms with E-state index >= 15 is 0 Å². The maximum atomic E-state index is 11.1. The zero-order valence-electron chi connectivity index (χ0n) is 12.5. The maximum absolute atomic E-state index is 11.1. The van der Waals surface area contributed by atoms with Crippen molar-refractivity contribution in [2.45, 2.75) is 33.3 Å². The summed E-state index contributed by atoms with van der Waals surface area (Å²) in [5, 5.41) is 19.1. The summed E-state index contributed by atoms with van der Waals surface area (Å²) in [6.07, 6.45) is 11.7. The van der Waals surface area contributed by atoms with E-state index in [0.29, 0.717) is 12.0 Å². The average molecular weight is 291 g/mol. The Morgan fingerprint density at radius 3 is 2.71 bits per heavy atom. The number of rotatable bonds is 7. The highest BCUT2D eigenvalue weighted by molar-refractivity contribution is 5.75. The zero-order chi connectivity index (χ0) is 15.9. The molecule has 5 heteroatoms. The van der Waals surface area contributed by atoms with Crippen molar-refractivity contribution in [1.82, 2.24) is 4.98 Å². The highest BCUT2D eigenvalue weighted by Gasteiger charge is 2.36. The lowest BCUT2D eigenvalue weighted by molar-refractivity contribution is -0.151. The van der Waals surface area contributed by atoms with Crippen LogP contribution in [0.2, 0.25) is 0 Å². The van der Waals surface area contributed by atoms with Crippen molar-refractivity contribution < 1.29 is 19.4 Å². The Bertz CT molecular complexity index is 539. The first kappa shape index (κ1) is 16.9. The SMILES string of the molecule is C/C(=C/C=C/C=C/Cc1cnco1)[C@@H](O)C(C)(C)C(=O)O. The monoisotopic (exact) mass is 291 g/mol. The molecule has 114 valence electrons. The molecule has 0 radical (unpaired) electrons. The van der Waals surface area contributed by atoms with Crippen LogP contribution in [0, 0.1) is 5.41 Å². The minimum absolute atomic E-state index is 0.599. The van der Waals surface area contributed by atoms with Crippen LogP contribution in [0.5, 0.6) is 0 Å². The molecular formula is C16H21NO4. The maximum Gasteiger partial charge on any atom is 0.312 e. The third-order valence-corrected chi connectivity index (χ3v) is 3.19. The number of carboxylic acid groups (broad SMARTS) is 1. The topological polar surface area (TPSA) is 83.6 Å². The van der Waals surface area contributed by atoms with E-state index in [9.17, 15) is 9.90 Å². The van der Waals surface area contributed by atoms with E-state index in [2.05, 4.69) is 4.98 Å². The van der Waals surface area contributed by atoms with Gasteiger partial charge in [0.25, 0.3) is 0 Å². The quantitative estimate of drug-likeness (QED) is 0.755. The van der Waals surface area contributed by atoms with E-state index in [1.54, 1.807) is 31.3 Å². The predicted molar refractivity (Wildman–Crippen MR) is 79.7 cm³/mol. The van der Waals surface area contributed by atoms with Crippen LogP contribution in [0.3, 0.4) is 0 Å². The number of nitrogens with zero attached hydrogens (tertiary/aromatic N) is 1. The van der Waals surface area contributed by atoms with Crippen molar-refractivity contribution in [2.75, 3.05) is 0 Å². The molecule has 1 aromatic rings. The molecule has 0 aromatic carbocycles. The first-order valence-electron chi connectivity index (χ1n) is 6.64. The summed E-state index contributed by atoms with van der Waals surface area (Å²) in [7, 11) is 0. The summed E-state index contributed by atoms with van der Waals surface area (Å²) in [4.78, 5) is 14.9. The number of carboxylic acids is 1. The summed E-state index contributed by atoms with van der Waals surface area (Å²) in [6, 6.07) is 0. The van der Waals surface area contributed by atoms with Gasteiger partial charge in [-0.15, -0.1) is 0 Å². The molecule has 0 aliphatic rings. The van der Waals surface area contributed by atoms with E-state index < -0.39 is 17.5 Å². The largest absolute Gasteiger partial charge is 0.481 e. The van der Waals surface area contributed by atoms with Crippen LogP contribution >= 0.6 is 0 Å². The van der Waals surface area contributed by atoms with Crippen LogP contribution in [0.25, 0.3) is 0 Å². The van der Waals surface area contributed by atoms with Crippen LogP contribution < -0.4 is 0 Å². The Balaban J connectivity index is 2.53. The van der Waals surface area contributed by atoms with Gasteiger partial charge in [-0.25, -0.2) is 4.98 Å². The molecule has 0 aliphatic heterocycles. The van der Waals surface area contributed by atoms with Crippen molar-refractivity contribution in [3.8, 4) is 0 Å². The molecule has 2 N–H and O–H groups in total. The fourth-order valence-electron chi connectivity index (χ4n) is 1.65. The van der Waals surface area contributed by atoms with Gasteiger partial charge in [-0.3, -0.25) is 4.79 Å². The molecule has 1 atom stereocenters. The number of hydrogen-bond donors (Lipinski definition) is 2. The van der Waals surface area contributed by atoms with Crippen LogP contribution in [0.1, 0.15) is 26.5 Å². The summed E-state index contributed by atoms with van der Waals surface area (Å²) in [5.41, 5.74) is -0.612. The van der Waals surface area contributed by atoms with Gasteiger partial charge in [-0.05, 0) is 26.3 Å². The highest BCUT2D eigenvalue weighted by Crippen LogP contribution is 2.26. The first-order valence-corrected chi connectivity index (χ1v) is 6.64. The summed E-state index contributed by atoms with van der Waals surface area (Å²) in [6.45, 7) is 4.70.